The van der Waals surface area contributed by atoms with Gasteiger partial charge in [0.2, 0.25) is 11.8 Å². The Morgan fingerprint density at radius 3 is 2.43 bits per heavy atom. The van der Waals surface area contributed by atoms with Crippen LogP contribution < -0.4 is 20.3 Å². The van der Waals surface area contributed by atoms with Crippen molar-refractivity contribution in [2.75, 3.05) is 24.6 Å². The van der Waals surface area contributed by atoms with E-state index in [4.69, 9.17) is 4.74 Å². The van der Waals surface area contributed by atoms with Crippen molar-refractivity contribution in [2.45, 2.75) is 76.4 Å². The minimum absolute atomic E-state index is 0.0381. The zero-order valence-corrected chi connectivity index (χ0v) is 23.9. The lowest BCUT2D eigenvalue weighted by Crippen LogP contribution is -2.54. The van der Waals surface area contributed by atoms with E-state index >= 15 is 0 Å². The van der Waals surface area contributed by atoms with Gasteiger partial charge in [-0.15, -0.1) is 0 Å². The molecule has 1 fully saturated rings. The highest BCUT2D eigenvalue weighted by Crippen LogP contribution is 2.30. The Bertz CT molecular complexity index is 1290. The maximum atomic E-state index is 13.5. The summed E-state index contributed by atoms with van der Waals surface area (Å²) in [4.78, 5) is 55.4. The molecule has 1 saturated carbocycles. The molecule has 224 valence electrons. The number of para-hydroxylation sites is 2. The Hall–Kier alpha value is -4.08. The fourth-order valence-electron chi connectivity index (χ4n) is 6.26. The van der Waals surface area contributed by atoms with Crippen molar-refractivity contribution in [1.82, 2.24) is 15.5 Å². The van der Waals surface area contributed by atoms with Gasteiger partial charge in [-0.25, -0.2) is 9.59 Å². The molecule has 2 heterocycles. The Balaban J connectivity index is 1.22. The molecule has 10 heteroatoms. The van der Waals surface area contributed by atoms with Crippen LogP contribution in [0.4, 0.5) is 10.5 Å². The first kappa shape index (κ1) is 29.4. The normalized spacial score (nSPS) is 18.1. The second kappa shape index (κ2) is 13.7. The van der Waals surface area contributed by atoms with Gasteiger partial charge in [0.25, 0.3) is 0 Å². The van der Waals surface area contributed by atoms with Crippen LogP contribution in [0.5, 0.6) is 5.75 Å². The van der Waals surface area contributed by atoms with Gasteiger partial charge >= 0.3 is 12.0 Å². The summed E-state index contributed by atoms with van der Waals surface area (Å²) in [6.45, 7) is 1.65. The van der Waals surface area contributed by atoms with Crippen LogP contribution in [0.2, 0.25) is 0 Å². The minimum atomic E-state index is -1.25. The molecule has 2 aromatic carbocycles. The molecule has 0 aromatic heterocycles. The third-order valence-electron chi connectivity index (χ3n) is 8.61. The zero-order valence-electron chi connectivity index (χ0n) is 23.9. The molecule has 3 N–H and O–H groups in total. The van der Waals surface area contributed by atoms with Crippen LogP contribution >= 0.6 is 0 Å². The van der Waals surface area contributed by atoms with E-state index in [1.807, 2.05) is 48.5 Å². The van der Waals surface area contributed by atoms with Gasteiger partial charge in [-0.1, -0.05) is 68.5 Å². The zero-order chi connectivity index (χ0) is 29.5. The van der Waals surface area contributed by atoms with Gasteiger partial charge in [0.1, 0.15) is 24.4 Å². The van der Waals surface area contributed by atoms with Crippen LogP contribution in [0, 0.1) is 5.92 Å². The average molecular weight is 577 g/mol. The minimum Gasteiger partial charge on any atom is -0.491 e. The smallest absolute Gasteiger partial charge is 0.326 e. The number of aliphatic carboxylic acids is 1. The highest BCUT2D eigenvalue weighted by Gasteiger charge is 2.33. The topological polar surface area (TPSA) is 128 Å². The van der Waals surface area contributed by atoms with Crippen LogP contribution in [0.1, 0.15) is 62.5 Å². The molecule has 0 unspecified atom stereocenters. The van der Waals surface area contributed by atoms with Crippen molar-refractivity contribution in [1.29, 1.82) is 0 Å². The van der Waals surface area contributed by atoms with Crippen molar-refractivity contribution >= 4 is 29.5 Å². The van der Waals surface area contributed by atoms with E-state index in [2.05, 4.69) is 10.6 Å². The third kappa shape index (κ3) is 7.21. The van der Waals surface area contributed by atoms with Crippen LogP contribution in [0.3, 0.4) is 0 Å². The lowest BCUT2D eigenvalue weighted by molar-refractivity contribution is -0.142. The van der Waals surface area contributed by atoms with Gasteiger partial charge in [0.15, 0.2) is 0 Å². The Morgan fingerprint density at radius 2 is 1.64 bits per heavy atom. The molecule has 0 bridgehead atoms. The van der Waals surface area contributed by atoms with Gasteiger partial charge in [0, 0.05) is 30.8 Å². The quantitative estimate of drug-likeness (QED) is 0.416. The summed E-state index contributed by atoms with van der Waals surface area (Å²) < 4.78 is 5.74. The summed E-state index contributed by atoms with van der Waals surface area (Å²) in [5.41, 5.74) is 2.81. The molecule has 0 spiro atoms. The molecule has 42 heavy (non-hydrogen) atoms. The number of rotatable bonds is 9. The maximum Gasteiger partial charge on any atom is 0.326 e. The molecule has 0 saturated heterocycles. The molecule has 1 aliphatic carbocycles. The molecule has 2 atom stereocenters. The molecule has 2 aromatic rings. The third-order valence-corrected chi connectivity index (χ3v) is 8.61. The van der Waals surface area contributed by atoms with Crippen molar-refractivity contribution in [3.63, 3.8) is 0 Å². The van der Waals surface area contributed by atoms with E-state index in [0.717, 1.165) is 61.1 Å². The van der Waals surface area contributed by atoms with Gasteiger partial charge in [-0.05, 0) is 42.9 Å². The van der Waals surface area contributed by atoms with E-state index in [1.54, 1.807) is 9.80 Å². The molecule has 3 aliphatic rings. The van der Waals surface area contributed by atoms with E-state index < -0.39 is 24.0 Å². The Labute approximate surface area is 246 Å². The number of carboxylic acid groups (broad SMARTS) is 1. The van der Waals surface area contributed by atoms with Crippen molar-refractivity contribution in [2.24, 2.45) is 5.92 Å². The summed E-state index contributed by atoms with van der Waals surface area (Å²) in [6, 6.07) is 12.8. The summed E-state index contributed by atoms with van der Waals surface area (Å²) in [5.74, 6) is -0.920. The largest absolute Gasteiger partial charge is 0.491 e. The number of anilines is 1. The fraction of sp³-hybridized carbons (Fsp3) is 0.500. The van der Waals surface area contributed by atoms with E-state index in [0.29, 0.717) is 32.7 Å². The number of urea groups is 1. The summed E-state index contributed by atoms with van der Waals surface area (Å²) in [6.07, 6.45) is 6.38. The number of benzene rings is 2. The van der Waals surface area contributed by atoms with Gasteiger partial charge < -0.3 is 25.4 Å². The second-order valence-corrected chi connectivity index (χ2v) is 11.5. The number of hydrogen-bond donors (Lipinski definition) is 3. The van der Waals surface area contributed by atoms with Crippen LogP contribution in [-0.4, -0.2) is 65.6 Å². The first-order valence-corrected chi connectivity index (χ1v) is 15.1. The van der Waals surface area contributed by atoms with Gasteiger partial charge in [-0.2, -0.15) is 0 Å². The average Bonchev–Trinajstić information content (AvgIpc) is 3.31. The number of amides is 4. The summed E-state index contributed by atoms with van der Waals surface area (Å²) in [7, 11) is 0. The van der Waals surface area contributed by atoms with Crippen LogP contribution in [-0.2, 0) is 27.3 Å². The van der Waals surface area contributed by atoms with Crippen molar-refractivity contribution in [3.05, 3.63) is 59.7 Å². The molecule has 0 radical (unpaired) electrons. The monoisotopic (exact) mass is 576 g/mol. The molecular weight excluding hydrogens is 536 g/mol. The SMILES string of the molecule is O=C(O)[C@H](CCC(=O)N1CCOc2ccccc2C1)NC(=O)[C@H](CC1CCCCC1)NC(=O)N1CCc2ccccc21. The van der Waals surface area contributed by atoms with Crippen molar-refractivity contribution < 1.29 is 29.0 Å². The number of hydrogen-bond acceptors (Lipinski definition) is 5. The second-order valence-electron chi connectivity index (χ2n) is 11.5. The number of nitrogens with one attached hydrogen (secondary N) is 2. The Kier molecular flexibility index (Phi) is 9.61. The van der Waals surface area contributed by atoms with E-state index in [-0.39, 0.29) is 30.7 Å². The molecular formula is C32H40N4O6. The predicted molar refractivity (Wildman–Crippen MR) is 157 cm³/mol. The first-order valence-electron chi connectivity index (χ1n) is 15.1. The number of nitrogens with zero attached hydrogens (tertiary/aromatic N) is 2. The van der Waals surface area contributed by atoms with Crippen LogP contribution in [0.15, 0.2) is 48.5 Å². The standard InChI is InChI=1S/C32H40N4O6/c37-29(35-18-19-42-28-13-7-5-11-24(28)21-35)15-14-25(31(39)40)33-30(38)26(20-22-8-2-1-3-9-22)34-32(41)36-17-16-23-10-4-6-12-27(23)36/h4-7,10-13,22,25-26H,1-3,8-9,14-21H2,(H,33,38)(H,34,41)(H,39,40)/t25-,26-/m0/s1. The van der Waals surface area contributed by atoms with E-state index in [9.17, 15) is 24.3 Å². The summed E-state index contributed by atoms with van der Waals surface area (Å²) in [5, 5.41) is 15.5. The highest BCUT2D eigenvalue weighted by atomic mass is 16.5. The number of fused-ring (bicyclic) bond motifs is 2. The molecule has 2 aliphatic heterocycles. The van der Waals surface area contributed by atoms with Crippen molar-refractivity contribution in [3.8, 4) is 5.75 Å². The highest BCUT2D eigenvalue weighted by molar-refractivity contribution is 5.97. The van der Waals surface area contributed by atoms with Gasteiger partial charge in [-0.3, -0.25) is 14.5 Å². The molecule has 10 nitrogen and oxygen atoms in total. The van der Waals surface area contributed by atoms with Crippen LogP contribution in [0.25, 0.3) is 0 Å². The number of carbonyl (C=O) groups excluding carboxylic acids is 3. The number of carbonyl (C=O) groups is 4. The van der Waals surface area contributed by atoms with Gasteiger partial charge in [0.05, 0.1) is 6.54 Å². The number of ether oxygens (including phenoxy) is 1. The number of carboxylic acids is 1. The lowest BCUT2D eigenvalue weighted by atomic mass is 9.84. The predicted octanol–water partition coefficient (Wildman–Crippen LogP) is 3.87. The lowest BCUT2D eigenvalue weighted by Gasteiger charge is -2.29. The molecule has 4 amide bonds. The maximum absolute atomic E-state index is 13.5. The summed E-state index contributed by atoms with van der Waals surface area (Å²) >= 11 is 0. The fourth-order valence-corrected chi connectivity index (χ4v) is 6.26. The molecule has 5 rings (SSSR count). The van der Waals surface area contributed by atoms with E-state index in [1.165, 1.54) is 0 Å². The Morgan fingerprint density at radius 1 is 0.905 bits per heavy atom. The first-order chi connectivity index (χ1) is 20.4.